The smallest absolute Gasteiger partial charge is 0.251 e. The molecule has 1 aliphatic heterocycles. The molecule has 0 bridgehead atoms. The van der Waals surface area contributed by atoms with Gasteiger partial charge in [0.05, 0.1) is 6.10 Å². The Morgan fingerprint density at radius 2 is 1.93 bits per heavy atom. The van der Waals surface area contributed by atoms with Gasteiger partial charge >= 0.3 is 0 Å². The summed E-state index contributed by atoms with van der Waals surface area (Å²) in [5.41, 5.74) is 0.503. The Kier molecular flexibility index (Phi) is 7.75. The van der Waals surface area contributed by atoms with Gasteiger partial charge in [0.2, 0.25) is 5.91 Å². The van der Waals surface area contributed by atoms with Crippen LogP contribution in [0.25, 0.3) is 0 Å². The van der Waals surface area contributed by atoms with Crippen LogP contribution in [0.15, 0.2) is 30.3 Å². The molecule has 3 unspecified atom stereocenters. The highest BCUT2D eigenvalue weighted by Crippen LogP contribution is 2.32. The molecule has 1 heterocycles. The van der Waals surface area contributed by atoms with Crippen LogP contribution >= 0.6 is 0 Å². The van der Waals surface area contributed by atoms with Crippen molar-refractivity contribution in [2.45, 2.75) is 59.1 Å². The molecule has 0 aromatic heterocycles. The molecule has 6 heteroatoms. The van der Waals surface area contributed by atoms with E-state index in [0.29, 0.717) is 24.9 Å². The molecule has 2 N–H and O–H groups in total. The quantitative estimate of drug-likeness (QED) is 0.681. The van der Waals surface area contributed by atoms with Gasteiger partial charge in [-0.15, -0.1) is 0 Å². The first-order chi connectivity index (χ1) is 13.2. The molecule has 3 atom stereocenters. The predicted octanol–water partition coefficient (Wildman–Crippen LogP) is 2.72. The fraction of sp³-hybridized carbons (Fsp3) is 0.591. The zero-order valence-electron chi connectivity index (χ0n) is 17.3. The minimum atomic E-state index is -0.530. The third kappa shape index (κ3) is 5.89. The lowest BCUT2D eigenvalue weighted by Crippen LogP contribution is -2.45. The topological polar surface area (TPSA) is 84.5 Å². The van der Waals surface area contributed by atoms with Crippen molar-refractivity contribution in [1.29, 1.82) is 0 Å². The molecule has 0 spiro atoms. The normalized spacial score (nSPS) is 20.6. The first-order valence-electron chi connectivity index (χ1n) is 10.0. The largest absolute Gasteiger partial charge is 0.368 e. The Morgan fingerprint density at radius 1 is 1.25 bits per heavy atom. The third-order valence-electron chi connectivity index (χ3n) is 5.79. The molecule has 0 saturated carbocycles. The summed E-state index contributed by atoms with van der Waals surface area (Å²) < 4.78 is 5.41. The summed E-state index contributed by atoms with van der Waals surface area (Å²) in [6.07, 6.45) is 1.55. The van der Waals surface area contributed by atoms with Crippen LogP contribution in [-0.2, 0) is 14.3 Å². The molecule has 1 aromatic rings. The van der Waals surface area contributed by atoms with E-state index in [2.05, 4.69) is 24.5 Å². The zero-order valence-corrected chi connectivity index (χ0v) is 17.3. The Morgan fingerprint density at radius 3 is 2.57 bits per heavy atom. The molecule has 1 aromatic carbocycles. The van der Waals surface area contributed by atoms with Crippen LogP contribution in [0.3, 0.4) is 0 Å². The van der Waals surface area contributed by atoms with Crippen molar-refractivity contribution in [2.75, 3.05) is 13.2 Å². The van der Waals surface area contributed by atoms with E-state index < -0.39 is 6.04 Å². The van der Waals surface area contributed by atoms with E-state index >= 15 is 0 Å². The average molecular weight is 389 g/mol. The van der Waals surface area contributed by atoms with Crippen LogP contribution in [0.5, 0.6) is 0 Å². The fourth-order valence-electron chi connectivity index (χ4n) is 3.33. The Hall–Kier alpha value is -2.21. The van der Waals surface area contributed by atoms with Gasteiger partial charge in [-0.2, -0.15) is 0 Å². The summed E-state index contributed by atoms with van der Waals surface area (Å²) in [5, 5.41) is 5.79. The maximum atomic E-state index is 12.4. The standard InChI is InChI=1S/C22H32N2O4/c1-5-18-20(17(25)14-28-18)24-19(26)13-15(2)22(3,4)11-12-23-21(27)16-9-7-6-8-10-16/h6-10,15,18,20H,5,11-14H2,1-4H3,(H,23,27)(H,24,26). The zero-order chi connectivity index (χ0) is 20.7. The van der Waals surface area contributed by atoms with E-state index in [1.807, 2.05) is 32.0 Å². The number of ketones is 1. The lowest BCUT2D eigenvalue weighted by atomic mass is 9.75. The van der Waals surface area contributed by atoms with E-state index in [9.17, 15) is 14.4 Å². The summed E-state index contributed by atoms with van der Waals surface area (Å²) in [6.45, 7) is 8.78. The second-order valence-electron chi connectivity index (χ2n) is 8.23. The molecule has 2 amide bonds. The molecule has 28 heavy (non-hydrogen) atoms. The Labute approximate surface area is 167 Å². The van der Waals surface area contributed by atoms with Gasteiger partial charge < -0.3 is 15.4 Å². The number of nitrogens with one attached hydrogen (secondary N) is 2. The van der Waals surface area contributed by atoms with Gasteiger partial charge in [-0.25, -0.2) is 0 Å². The Bertz CT molecular complexity index is 687. The van der Waals surface area contributed by atoms with Crippen LogP contribution in [0.4, 0.5) is 0 Å². The molecular weight excluding hydrogens is 356 g/mol. The number of carbonyl (C=O) groups is 3. The number of hydrogen-bond acceptors (Lipinski definition) is 4. The summed E-state index contributed by atoms with van der Waals surface area (Å²) in [4.78, 5) is 36.5. The summed E-state index contributed by atoms with van der Waals surface area (Å²) in [6, 6.07) is 8.58. The number of hydrogen-bond donors (Lipinski definition) is 2. The van der Waals surface area contributed by atoms with Crippen LogP contribution in [0.1, 0.15) is 57.3 Å². The number of amides is 2. The summed E-state index contributed by atoms with van der Waals surface area (Å²) in [7, 11) is 0. The van der Waals surface area contributed by atoms with E-state index in [0.717, 1.165) is 6.42 Å². The van der Waals surface area contributed by atoms with Crippen molar-refractivity contribution in [1.82, 2.24) is 10.6 Å². The van der Waals surface area contributed by atoms with Gasteiger partial charge in [0.25, 0.3) is 5.91 Å². The van der Waals surface area contributed by atoms with Crippen LogP contribution in [0, 0.1) is 11.3 Å². The van der Waals surface area contributed by atoms with Gasteiger partial charge in [0.15, 0.2) is 5.78 Å². The van der Waals surface area contributed by atoms with Gasteiger partial charge in [-0.3, -0.25) is 14.4 Å². The van der Waals surface area contributed by atoms with Crippen LogP contribution in [0.2, 0.25) is 0 Å². The molecule has 1 fully saturated rings. The van der Waals surface area contributed by atoms with Crippen LogP contribution < -0.4 is 10.6 Å². The number of carbonyl (C=O) groups excluding carboxylic acids is 3. The number of rotatable bonds is 9. The average Bonchev–Trinajstić information content (AvgIpc) is 3.01. The molecular formula is C22H32N2O4. The molecule has 2 rings (SSSR count). The molecule has 6 nitrogen and oxygen atoms in total. The second-order valence-corrected chi connectivity index (χ2v) is 8.23. The second kappa shape index (κ2) is 9.82. The summed E-state index contributed by atoms with van der Waals surface area (Å²) >= 11 is 0. The first kappa shape index (κ1) is 22.1. The van der Waals surface area contributed by atoms with Gasteiger partial charge in [0, 0.05) is 18.5 Å². The van der Waals surface area contributed by atoms with Crippen molar-refractivity contribution >= 4 is 17.6 Å². The third-order valence-corrected chi connectivity index (χ3v) is 5.79. The monoisotopic (exact) mass is 388 g/mol. The first-order valence-corrected chi connectivity index (χ1v) is 10.0. The highest BCUT2D eigenvalue weighted by Gasteiger charge is 2.36. The van der Waals surface area contributed by atoms with Crippen molar-refractivity contribution < 1.29 is 19.1 Å². The lowest BCUT2D eigenvalue weighted by molar-refractivity contribution is -0.127. The van der Waals surface area contributed by atoms with Gasteiger partial charge in [-0.05, 0) is 36.3 Å². The molecule has 0 aliphatic carbocycles. The van der Waals surface area contributed by atoms with Crippen LogP contribution in [-0.4, -0.2) is 42.9 Å². The maximum absolute atomic E-state index is 12.4. The number of benzene rings is 1. The van der Waals surface area contributed by atoms with Crippen molar-refractivity contribution in [3.63, 3.8) is 0 Å². The molecule has 154 valence electrons. The minimum Gasteiger partial charge on any atom is -0.368 e. The number of Topliss-reactive ketones (excluding diaryl/α,β-unsaturated/α-hetero) is 1. The highest BCUT2D eigenvalue weighted by atomic mass is 16.5. The molecule has 0 radical (unpaired) electrons. The van der Waals surface area contributed by atoms with E-state index in [1.165, 1.54) is 0 Å². The lowest BCUT2D eigenvalue weighted by Gasteiger charge is -2.32. The molecule has 1 aliphatic rings. The van der Waals surface area contributed by atoms with Gasteiger partial charge in [-0.1, -0.05) is 45.9 Å². The van der Waals surface area contributed by atoms with Gasteiger partial charge in [0.1, 0.15) is 12.6 Å². The van der Waals surface area contributed by atoms with Crippen molar-refractivity contribution in [2.24, 2.45) is 11.3 Å². The van der Waals surface area contributed by atoms with Crippen molar-refractivity contribution in [3.8, 4) is 0 Å². The summed E-state index contributed by atoms with van der Waals surface area (Å²) in [5.74, 6) is -0.183. The maximum Gasteiger partial charge on any atom is 0.251 e. The number of ether oxygens (including phenoxy) is 1. The SMILES string of the molecule is CCC1OCC(=O)C1NC(=O)CC(C)C(C)(C)CCNC(=O)c1ccccc1. The van der Waals surface area contributed by atoms with E-state index in [1.54, 1.807) is 12.1 Å². The van der Waals surface area contributed by atoms with Crippen molar-refractivity contribution in [3.05, 3.63) is 35.9 Å². The fourth-order valence-corrected chi connectivity index (χ4v) is 3.33. The minimum absolute atomic E-state index is 0.0595. The van der Waals surface area contributed by atoms with E-state index in [-0.39, 0.29) is 41.6 Å². The Balaban J connectivity index is 1.79. The van der Waals surface area contributed by atoms with E-state index in [4.69, 9.17) is 4.74 Å². The predicted molar refractivity (Wildman–Crippen MR) is 108 cm³/mol. The molecule has 1 saturated heterocycles. The highest BCUT2D eigenvalue weighted by molar-refractivity contribution is 5.94.